The van der Waals surface area contributed by atoms with Gasteiger partial charge in [0.1, 0.15) is 0 Å². The molecule has 1 fully saturated rings. The van der Waals surface area contributed by atoms with Crippen LogP contribution >= 0.6 is 12.4 Å². The van der Waals surface area contributed by atoms with E-state index >= 15 is 0 Å². The zero-order chi connectivity index (χ0) is 6.69. The summed E-state index contributed by atoms with van der Waals surface area (Å²) in [6.45, 7) is 1.68. The molecule has 1 aliphatic rings. The van der Waals surface area contributed by atoms with Crippen molar-refractivity contribution in [1.82, 2.24) is 10.0 Å². The molecule has 1 atom stereocenters. The fraction of sp³-hybridized carbons (Fsp3) is 1.00. The highest BCUT2D eigenvalue weighted by Crippen LogP contribution is 1.95. The van der Waals surface area contributed by atoms with E-state index in [1.54, 1.807) is 0 Å². The highest BCUT2D eigenvalue weighted by molar-refractivity contribution is 7.70. The van der Waals surface area contributed by atoms with Gasteiger partial charge in [-0.2, -0.15) is 0 Å². The Hall–Kier alpha value is 0.160. The molecule has 10 heavy (non-hydrogen) atoms. The normalized spacial score (nSPS) is 24.7. The van der Waals surface area contributed by atoms with Gasteiger partial charge >= 0.3 is 0 Å². The Bertz CT molecular complexity index is 147. The fourth-order valence-electron chi connectivity index (χ4n) is 0.914. The zero-order valence-electron chi connectivity index (χ0n) is 5.37. The van der Waals surface area contributed by atoms with E-state index in [1.807, 2.05) is 0 Å². The van der Waals surface area contributed by atoms with Gasteiger partial charge < -0.3 is 5.32 Å². The van der Waals surface area contributed by atoms with Crippen LogP contribution in [0.5, 0.6) is 0 Å². The fourth-order valence-corrected chi connectivity index (χ4v) is 1.43. The molecule has 1 heterocycles. The molecule has 0 saturated carbocycles. The first-order chi connectivity index (χ1) is 4.29. The van der Waals surface area contributed by atoms with Gasteiger partial charge in [0.05, 0.1) is 0 Å². The summed E-state index contributed by atoms with van der Waals surface area (Å²) >= 11 is 0. The Morgan fingerprint density at radius 1 is 1.50 bits per heavy atom. The largest absolute Gasteiger partial charge is 0.315 e. The summed E-state index contributed by atoms with van der Waals surface area (Å²) in [5.41, 5.74) is 0. The maximum Gasteiger partial charge on any atom is 0.201 e. The van der Waals surface area contributed by atoms with Gasteiger partial charge in [0.2, 0.25) is 10.9 Å². The Labute approximate surface area is 67.9 Å². The lowest BCUT2D eigenvalue weighted by Gasteiger charge is -2.01. The second kappa shape index (κ2) is 4.90. The number of halogens is 1. The Kier molecular flexibility index (Phi) is 4.98. The third-order valence-electron chi connectivity index (χ3n) is 1.35. The zero-order valence-corrected chi connectivity index (χ0v) is 7.08. The predicted molar refractivity (Wildman–Crippen MR) is 42.0 cm³/mol. The molecule has 6 heteroatoms. The average Bonchev–Trinajstić information content (AvgIpc) is 2.15. The van der Waals surface area contributed by atoms with Gasteiger partial charge in [0.15, 0.2) is 0 Å². The standard InChI is InChI=1S/C4H10N2O2S.ClH/c7-9(8)6-4-1-2-5-3-4;/h4-5,9H,1-3H2,(H,6,7,8);1H. The van der Waals surface area contributed by atoms with E-state index in [1.165, 1.54) is 0 Å². The molecule has 0 aromatic rings. The first-order valence-electron chi connectivity index (χ1n) is 2.90. The van der Waals surface area contributed by atoms with Crippen molar-refractivity contribution < 1.29 is 8.42 Å². The number of hydrogen-bond acceptors (Lipinski definition) is 3. The smallest absolute Gasteiger partial charge is 0.201 e. The SMILES string of the molecule is Cl.O=[SH](=O)NC1CCNC1. The van der Waals surface area contributed by atoms with E-state index in [0.29, 0.717) is 0 Å². The highest BCUT2D eigenvalue weighted by Gasteiger charge is 2.13. The van der Waals surface area contributed by atoms with Crippen molar-refractivity contribution in [3.05, 3.63) is 0 Å². The minimum Gasteiger partial charge on any atom is -0.315 e. The topological polar surface area (TPSA) is 58.2 Å². The van der Waals surface area contributed by atoms with Gasteiger partial charge in [-0.15, -0.1) is 12.4 Å². The van der Waals surface area contributed by atoms with Crippen LogP contribution in [0.1, 0.15) is 6.42 Å². The quantitative estimate of drug-likeness (QED) is 0.480. The maximum absolute atomic E-state index is 10.1. The molecule has 0 aromatic heterocycles. The molecule has 62 valence electrons. The van der Waals surface area contributed by atoms with Crippen LogP contribution in [0.4, 0.5) is 0 Å². The molecule has 1 aliphatic heterocycles. The molecule has 0 radical (unpaired) electrons. The minimum absolute atomic E-state index is 0. The van der Waals surface area contributed by atoms with Gasteiger partial charge in [0, 0.05) is 12.6 Å². The lowest BCUT2D eigenvalue weighted by molar-refractivity contribution is 0.580. The summed E-state index contributed by atoms with van der Waals surface area (Å²) < 4.78 is 22.5. The predicted octanol–water partition coefficient (Wildman–Crippen LogP) is -1.11. The summed E-state index contributed by atoms with van der Waals surface area (Å²) in [5, 5.41) is 3.05. The van der Waals surface area contributed by atoms with Crippen LogP contribution in [0.2, 0.25) is 0 Å². The van der Waals surface area contributed by atoms with Crippen LogP contribution in [0.3, 0.4) is 0 Å². The second-order valence-corrected chi connectivity index (χ2v) is 2.85. The Balaban J connectivity index is 0.000000810. The number of thiol groups is 1. The number of hydrogen-bond donors (Lipinski definition) is 3. The molecule has 0 bridgehead atoms. The minimum atomic E-state index is -2.40. The van der Waals surface area contributed by atoms with Crippen molar-refractivity contribution in [3.8, 4) is 0 Å². The molecule has 1 unspecified atom stereocenters. The molecule has 0 amide bonds. The van der Waals surface area contributed by atoms with Crippen molar-refractivity contribution >= 4 is 23.3 Å². The van der Waals surface area contributed by atoms with E-state index in [9.17, 15) is 8.42 Å². The van der Waals surface area contributed by atoms with E-state index < -0.39 is 10.9 Å². The first-order valence-corrected chi connectivity index (χ1v) is 4.08. The molecule has 0 spiro atoms. The lowest BCUT2D eigenvalue weighted by Crippen LogP contribution is -2.29. The first kappa shape index (κ1) is 10.2. The van der Waals surface area contributed by atoms with Crippen LogP contribution in [0, 0.1) is 0 Å². The second-order valence-electron chi connectivity index (χ2n) is 2.08. The maximum atomic E-state index is 10.1. The molecule has 0 aromatic carbocycles. The van der Waals surface area contributed by atoms with Crippen molar-refractivity contribution in [2.24, 2.45) is 0 Å². The van der Waals surface area contributed by atoms with Crippen molar-refractivity contribution in [2.75, 3.05) is 13.1 Å². The average molecular weight is 187 g/mol. The van der Waals surface area contributed by atoms with Gasteiger partial charge in [-0.25, -0.2) is 13.1 Å². The van der Waals surface area contributed by atoms with Crippen LogP contribution < -0.4 is 10.0 Å². The third-order valence-corrected chi connectivity index (χ3v) is 1.92. The molecular formula is C4H11ClN2O2S. The van der Waals surface area contributed by atoms with Gasteiger partial charge in [0.25, 0.3) is 0 Å². The summed E-state index contributed by atoms with van der Waals surface area (Å²) in [5.74, 6) is 0. The molecule has 1 saturated heterocycles. The molecular weight excluding hydrogens is 176 g/mol. The number of rotatable bonds is 2. The van der Waals surface area contributed by atoms with Gasteiger partial charge in [-0.05, 0) is 13.0 Å². The summed E-state index contributed by atoms with van der Waals surface area (Å²) in [7, 11) is -2.40. The molecule has 1 rings (SSSR count). The van der Waals surface area contributed by atoms with Crippen LogP contribution in [-0.4, -0.2) is 27.5 Å². The van der Waals surface area contributed by atoms with Crippen LogP contribution in [0.25, 0.3) is 0 Å². The van der Waals surface area contributed by atoms with Crippen LogP contribution in [0.15, 0.2) is 0 Å². The Morgan fingerprint density at radius 3 is 2.60 bits per heavy atom. The Morgan fingerprint density at radius 2 is 2.20 bits per heavy atom. The van der Waals surface area contributed by atoms with Crippen molar-refractivity contribution in [2.45, 2.75) is 12.5 Å². The van der Waals surface area contributed by atoms with E-state index in [-0.39, 0.29) is 18.4 Å². The third kappa shape index (κ3) is 3.36. The molecule has 2 N–H and O–H groups in total. The molecule has 4 nitrogen and oxygen atoms in total. The molecule has 0 aliphatic carbocycles. The highest BCUT2D eigenvalue weighted by atomic mass is 35.5. The summed E-state index contributed by atoms with van der Waals surface area (Å²) in [4.78, 5) is 0. The van der Waals surface area contributed by atoms with Crippen molar-refractivity contribution in [3.63, 3.8) is 0 Å². The van der Waals surface area contributed by atoms with Gasteiger partial charge in [-0.1, -0.05) is 0 Å². The van der Waals surface area contributed by atoms with E-state index in [0.717, 1.165) is 19.5 Å². The van der Waals surface area contributed by atoms with E-state index in [2.05, 4.69) is 10.0 Å². The lowest BCUT2D eigenvalue weighted by atomic mass is 10.3. The summed E-state index contributed by atoms with van der Waals surface area (Å²) in [6.07, 6.45) is 0.906. The van der Waals surface area contributed by atoms with Crippen LogP contribution in [-0.2, 0) is 10.9 Å². The summed E-state index contributed by atoms with van der Waals surface area (Å²) in [6, 6.07) is 0.131. The van der Waals surface area contributed by atoms with Gasteiger partial charge in [-0.3, -0.25) is 0 Å². The van der Waals surface area contributed by atoms with E-state index in [4.69, 9.17) is 0 Å². The number of nitrogens with one attached hydrogen (secondary N) is 2. The monoisotopic (exact) mass is 186 g/mol. The van der Waals surface area contributed by atoms with Crippen molar-refractivity contribution in [1.29, 1.82) is 0 Å².